The summed E-state index contributed by atoms with van der Waals surface area (Å²) >= 11 is 0. The number of ether oxygens (including phenoxy) is 1. The molecule has 4 N–H and O–H groups in total. The second-order valence-corrected chi connectivity index (χ2v) is 6.20. The first-order chi connectivity index (χ1) is 9.12. The summed E-state index contributed by atoms with van der Waals surface area (Å²) in [7, 11) is -3.52. The van der Waals surface area contributed by atoms with Crippen molar-refractivity contribution in [3.8, 4) is 0 Å². The topological polar surface area (TPSA) is 106 Å². The van der Waals surface area contributed by atoms with Crippen LogP contribution in [0.1, 0.15) is 12.8 Å². The van der Waals surface area contributed by atoms with Crippen LogP contribution in [0.3, 0.4) is 0 Å². The van der Waals surface area contributed by atoms with Gasteiger partial charge in [-0.2, -0.15) is 0 Å². The predicted molar refractivity (Wildman–Crippen MR) is 70.8 cm³/mol. The van der Waals surface area contributed by atoms with Gasteiger partial charge in [0.05, 0.1) is 4.90 Å². The standard InChI is InChI=1S/C11H18N4O3S/c12-15-11-7-10(1-4-13-11)19(16,17)14-8-9-2-5-18-6-3-9/h1,4,7,9,14H,2-3,5-6,8,12H2,(H,13,15). The third-order valence-corrected chi connectivity index (χ3v) is 4.51. The zero-order chi connectivity index (χ0) is 13.7. The summed E-state index contributed by atoms with van der Waals surface area (Å²) in [5, 5.41) is 0. The SMILES string of the molecule is NNc1cc(S(=O)(=O)NCC2CCOCC2)ccn1. The van der Waals surface area contributed by atoms with E-state index in [2.05, 4.69) is 15.1 Å². The van der Waals surface area contributed by atoms with Crippen molar-refractivity contribution < 1.29 is 13.2 Å². The van der Waals surface area contributed by atoms with Gasteiger partial charge in [-0.15, -0.1) is 0 Å². The molecule has 1 fully saturated rings. The second kappa shape index (κ2) is 6.29. The lowest BCUT2D eigenvalue weighted by molar-refractivity contribution is 0.0678. The Morgan fingerprint density at radius 1 is 1.42 bits per heavy atom. The van der Waals surface area contributed by atoms with Gasteiger partial charge in [-0.1, -0.05) is 0 Å². The van der Waals surface area contributed by atoms with Gasteiger partial charge >= 0.3 is 0 Å². The smallest absolute Gasteiger partial charge is 0.240 e. The van der Waals surface area contributed by atoms with E-state index in [1.165, 1.54) is 18.3 Å². The average molecular weight is 286 g/mol. The molecule has 8 heteroatoms. The van der Waals surface area contributed by atoms with Gasteiger partial charge in [0, 0.05) is 32.0 Å². The van der Waals surface area contributed by atoms with E-state index in [-0.39, 0.29) is 4.90 Å². The molecular weight excluding hydrogens is 268 g/mol. The molecule has 0 atom stereocenters. The lowest BCUT2D eigenvalue weighted by Gasteiger charge is -2.22. The maximum Gasteiger partial charge on any atom is 0.240 e. The number of hydrazine groups is 1. The number of rotatable bonds is 5. The van der Waals surface area contributed by atoms with E-state index in [1.807, 2.05) is 0 Å². The van der Waals surface area contributed by atoms with Crippen molar-refractivity contribution >= 4 is 15.8 Å². The highest BCUT2D eigenvalue weighted by Crippen LogP contribution is 2.16. The van der Waals surface area contributed by atoms with Crippen LogP contribution >= 0.6 is 0 Å². The summed E-state index contributed by atoms with van der Waals surface area (Å²) in [6, 6.07) is 2.83. The number of nitrogens with two attached hydrogens (primary N) is 1. The fraction of sp³-hybridized carbons (Fsp3) is 0.545. The fourth-order valence-corrected chi connectivity index (χ4v) is 3.05. The van der Waals surface area contributed by atoms with Crippen LogP contribution in [0, 0.1) is 5.92 Å². The third kappa shape index (κ3) is 3.87. The summed E-state index contributed by atoms with van der Waals surface area (Å²) < 4.78 is 32.1. The van der Waals surface area contributed by atoms with Crippen LogP contribution in [-0.2, 0) is 14.8 Å². The Hall–Kier alpha value is -1.22. The Balaban J connectivity index is 2.00. The lowest BCUT2D eigenvalue weighted by Crippen LogP contribution is -2.32. The molecule has 1 aliphatic heterocycles. The van der Waals surface area contributed by atoms with Gasteiger partial charge in [0.25, 0.3) is 0 Å². The van der Waals surface area contributed by atoms with Crippen molar-refractivity contribution in [2.75, 3.05) is 25.2 Å². The number of nitrogen functional groups attached to an aromatic ring is 1. The van der Waals surface area contributed by atoms with Crippen molar-refractivity contribution in [1.29, 1.82) is 0 Å². The number of nitrogens with zero attached hydrogens (tertiary/aromatic N) is 1. The van der Waals surface area contributed by atoms with Crippen molar-refractivity contribution in [2.45, 2.75) is 17.7 Å². The van der Waals surface area contributed by atoms with Crippen LogP contribution < -0.4 is 16.0 Å². The van der Waals surface area contributed by atoms with E-state index >= 15 is 0 Å². The van der Waals surface area contributed by atoms with Gasteiger partial charge in [-0.25, -0.2) is 24.0 Å². The molecule has 2 rings (SSSR count). The Kier molecular flexibility index (Phi) is 4.70. The lowest BCUT2D eigenvalue weighted by atomic mass is 10.0. The van der Waals surface area contributed by atoms with Crippen molar-refractivity contribution in [2.24, 2.45) is 11.8 Å². The highest BCUT2D eigenvalue weighted by molar-refractivity contribution is 7.89. The molecule has 1 aromatic heterocycles. The van der Waals surface area contributed by atoms with E-state index in [0.717, 1.165) is 12.8 Å². The van der Waals surface area contributed by atoms with E-state index in [1.54, 1.807) is 0 Å². The number of hydrogen-bond acceptors (Lipinski definition) is 6. The molecule has 19 heavy (non-hydrogen) atoms. The van der Waals surface area contributed by atoms with E-state index < -0.39 is 10.0 Å². The number of nitrogens with one attached hydrogen (secondary N) is 2. The molecular formula is C11H18N4O3S. The summed E-state index contributed by atoms with van der Waals surface area (Å²) in [5.41, 5.74) is 2.33. The normalized spacial score (nSPS) is 17.3. The second-order valence-electron chi connectivity index (χ2n) is 4.43. The quantitative estimate of drug-likeness (QED) is 0.522. The summed E-state index contributed by atoms with van der Waals surface area (Å²) in [6.45, 7) is 1.82. The molecule has 0 radical (unpaired) electrons. The maximum absolute atomic E-state index is 12.1. The zero-order valence-corrected chi connectivity index (χ0v) is 11.3. The summed E-state index contributed by atoms with van der Waals surface area (Å²) in [6.07, 6.45) is 3.17. The highest BCUT2D eigenvalue weighted by atomic mass is 32.2. The minimum absolute atomic E-state index is 0.155. The molecule has 0 aliphatic carbocycles. The largest absolute Gasteiger partial charge is 0.381 e. The van der Waals surface area contributed by atoms with E-state index in [4.69, 9.17) is 10.6 Å². The van der Waals surface area contributed by atoms with Crippen LogP contribution in [0.2, 0.25) is 0 Å². The molecule has 1 aromatic rings. The van der Waals surface area contributed by atoms with Crippen LogP contribution in [0.4, 0.5) is 5.82 Å². The van der Waals surface area contributed by atoms with Crippen molar-refractivity contribution in [1.82, 2.24) is 9.71 Å². The Morgan fingerprint density at radius 2 is 2.16 bits per heavy atom. The molecule has 7 nitrogen and oxygen atoms in total. The fourth-order valence-electron chi connectivity index (χ4n) is 1.92. The van der Waals surface area contributed by atoms with Gasteiger partial charge in [0.2, 0.25) is 10.0 Å². The Morgan fingerprint density at radius 3 is 2.84 bits per heavy atom. The summed E-state index contributed by atoms with van der Waals surface area (Å²) in [4.78, 5) is 4.03. The third-order valence-electron chi connectivity index (χ3n) is 3.09. The number of anilines is 1. The number of sulfonamides is 1. The van der Waals surface area contributed by atoms with Gasteiger partial charge in [0.1, 0.15) is 5.82 Å². The van der Waals surface area contributed by atoms with Gasteiger partial charge < -0.3 is 10.2 Å². The first kappa shape index (κ1) is 14.2. The van der Waals surface area contributed by atoms with Crippen molar-refractivity contribution in [3.63, 3.8) is 0 Å². The van der Waals surface area contributed by atoms with E-state index in [0.29, 0.717) is 31.5 Å². The highest BCUT2D eigenvalue weighted by Gasteiger charge is 2.19. The molecule has 0 amide bonds. The van der Waals surface area contributed by atoms with Crippen LogP contribution in [0.25, 0.3) is 0 Å². The summed E-state index contributed by atoms with van der Waals surface area (Å²) in [5.74, 6) is 5.86. The Labute approximate surface area is 112 Å². The zero-order valence-electron chi connectivity index (χ0n) is 10.5. The van der Waals surface area contributed by atoms with Gasteiger partial charge in [-0.3, -0.25) is 0 Å². The minimum Gasteiger partial charge on any atom is -0.381 e. The maximum atomic E-state index is 12.1. The van der Waals surface area contributed by atoms with Crippen LogP contribution in [0.5, 0.6) is 0 Å². The molecule has 0 unspecified atom stereocenters. The minimum atomic E-state index is -3.52. The van der Waals surface area contributed by atoms with E-state index in [9.17, 15) is 8.42 Å². The van der Waals surface area contributed by atoms with Gasteiger partial charge in [-0.05, 0) is 24.8 Å². The van der Waals surface area contributed by atoms with Crippen LogP contribution in [0.15, 0.2) is 23.2 Å². The average Bonchev–Trinajstić information content (AvgIpc) is 2.46. The Bertz CT molecular complexity index is 514. The monoisotopic (exact) mass is 286 g/mol. The van der Waals surface area contributed by atoms with Crippen LogP contribution in [-0.4, -0.2) is 33.2 Å². The molecule has 1 aliphatic rings. The first-order valence-corrected chi connectivity index (χ1v) is 7.60. The molecule has 2 heterocycles. The molecule has 0 spiro atoms. The molecule has 0 aromatic carbocycles. The number of hydrogen-bond donors (Lipinski definition) is 3. The number of pyridine rings is 1. The molecule has 0 saturated carbocycles. The van der Waals surface area contributed by atoms with Crippen molar-refractivity contribution in [3.05, 3.63) is 18.3 Å². The van der Waals surface area contributed by atoms with Gasteiger partial charge in [0.15, 0.2) is 0 Å². The first-order valence-electron chi connectivity index (χ1n) is 6.12. The predicted octanol–water partition coefficient (Wildman–Crippen LogP) is 0.0721. The molecule has 106 valence electrons. The molecule has 0 bridgehead atoms. The number of aromatic nitrogens is 1. The molecule has 1 saturated heterocycles.